The SMILES string of the molecule is C=C1c2c(C)cccc2NC(C=O)N1CC(=O)O. The van der Waals surface area contributed by atoms with Gasteiger partial charge in [0.05, 0.1) is 0 Å². The Morgan fingerprint density at radius 1 is 1.61 bits per heavy atom. The number of aldehydes is 1. The molecule has 0 aromatic heterocycles. The van der Waals surface area contributed by atoms with Gasteiger partial charge in [0.2, 0.25) is 0 Å². The van der Waals surface area contributed by atoms with E-state index in [2.05, 4.69) is 11.9 Å². The minimum atomic E-state index is -0.998. The summed E-state index contributed by atoms with van der Waals surface area (Å²) in [6.07, 6.45) is -0.0118. The fourth-order valence-corrected chi connectivity index (χ4v) is 2.17. The average Bonchev–Trinajstić information content (AvgIpc) is 2.32. The van der Waals surface area contributed by atoms with E-state index in [-0.39, 0.29) is 6.54 Å². The van der Waals surface area contributed by atoms with Crippen LogP contribution in [0.4, 0.5) is 5.69 Å². The van der Waals surface area contributed by atoms with Gasteiger partial charge >= 0.3 is 5.97 Å². The maximum Gasteiger partial charge on any atom is 0.323 e. The summed E-state index contributed by atoms with van der Waals surface area (Å²) >= 11 is 0. The summed E-state index contributed by atoms with van der Waals surface area (Å²) < 4.78 is 0. The highest BCUT2D eigenvalue weighted by molar-refractivity contribution is 5.85. The van der Waals surface area contributed by atoms with Crippen molar-refractivity contribution < 1.29 is 14.7 Å². The van der Waals surface area contributed by atoms with Gasteiger partial charge in [-0.1, -0.05) is 18.7 Å². The maximum atomic E-state index is 11.1. The second-order valence-electron chi connectivity index (χ2n) is 4.19. The number of carbonyl (C=O) groups is 2. The van der Waals surface area contributed by atoms with Gasteiger partial charge in [0, 0.05) is 16.9 Å². The Kier molecular flexibility index (Phi) is 3.06. The third-order valence-electron chi connectivity index (χ3n) is 2.98. The minimum Gasteiger partial charge on any atom is -0.480 e. The normalized spacial score (nSPS) is 17.9. The molecule has 5 heteroatoms. The van der Waals surface area contributed by atoms with Crippen LogP contribution in [0.5, 0.6) is 0 Å². The number of nitrogens with one attached hydrogen (secondary N) is 1. The van der Waals surface area contributed by atoms with Gasteiger partial charge < -0.3 is 15.3 Å². The van der Waals surface area contributed by atoms with Crippen LogP contribution < -0.4 is 5.32 Å². The smallest absolute Gasteiger partial charge is 0.323 e. The summed E-state index contributed by atoms with van der Waals surface area (Å²) in [7, 11) is 0. The Morgan fingerprint density at radius 3 is 2.94 bits per heavy atom. The van der Waals surface area contributed by atoms with Crippen molar-refractivity contribution in [1.29, 1.82) is 0 Å². The molecule has 1 aliphatic heterocycles. The number of aryl methyl sites for hydroxylation is 1. The van der Waals surface area contributed by atoms with Crippen molar-refractivity contribution in [2.45, 2.75) is 13.1 Å². The van der Waals surface area contributed by atoms with Crippen LogP contribution in [-0.2, 0) is 9.59 Å². The first-order valence-corrected chi connectivity index (χ1v) is 5.53. The van der Waals surface area contributed by atoms with Crippen molar-refractivity contribution in [3.05, 3.63) is 35.9 Å². The molecule has 1 atom stereocenters. The van der Waals surface area contributed by atoms with Crippen LogP contribution >= 0.6 is 0 Å². The number of anilines is 1. The second-order valence-corrected chi connectivity index (χ2v) is 4.19. The molecule has 2 rings (SSSR count). The number of hydrogen-bond donors (Lipinski definition) is 2. The number of carboxylic acids is 1. The summed E-state index contributed by atoms with van der Waals surface area (Å²) in [5.74, 6) is -0.998. The lowest BCUT2D eigenvalue weighted by Crippen LogP contribution is -2.46. The third kappa shape index (κ3) is 1.95. The summed E-state index contributed by atoms with van der Waals surface area (Å²) in [6, 6.07) is 5.65. The molecule has 94 valence electrons. The Hall–Kier alpha value is -2.30. The Morgan fingerprint density at radius 2 is 2.33 bits per heavy atom. The molecule has 0 amide bonds. The summed E-state index contributed by atoms with van der Waals surface area (Å²) in [5.41, 5.74) is 3.21. The number of hydrogen-bond acceptors (Lipinski definition) is 4. The molecule has 0 saturated carbocycles. The van der Waals surface area contributed by atoms with E-state index in [0.29, 0.717) is 12.0 Å². The van der Waals surface area contributed by atoms with Gasteiger partial charge in [-0.05, 0) is 18.6 Å². The first kappa shape index (κ1) is 12.2. The van der Waals surface area contributed by atoms with E-state index in [1.54, 1.807) is 0 Å². The van der Waals surface area contributed by atoms with E-state index in [4.69, 9.17) is 5.11 Å². The van der Waals surface area contributed by atoms with E-state index in [1.165, 1.54) is 4.90 Å². The molecule has 0 spiro atoms. The molecule has 2 N–H and O–H groups in total. The van der Waals surface area contributed by atoms with Crippen molar-refractivity contribution >= 4 is 23.6 Å². The molecule has 1 aromatic rings. The predicted molar refractivity (Wildman–Crippen MR) is 68.0 cm³/mol. The van der Waals surface area contributed by atoms with Crippen LogP contribution in [0.1, 0.15) is 11.1 Å². The fraction of sp³-hybridized carbons (Fsp3) is 0.231. The van der Waals surface area contributed by atoms with E-state index < -0.39 is 12.1 Å². The largest absolute Gasteiger partial charge is 0.480 e. The molecule has 0 radical (unpaired) electrons. The quantitative estimate of drug-likeness (QED) is 0.787. The molecule has 5 nitrogen and oxygen atoms in total. The van der Waals surface area contributed by atoms with Crippen molar-refractivity contribution in [2.75, 3.05) is 11.9 Å². The first-order chi connectivity index (χ1) is 8.54. The molecular weight excluding hydrogens is 232 g/mol. The van der Waals surface area contributed by atoms with Gasteiger partial charge in [-0.2, -0.15) is 0 Å². The minimum absolute atomic E-state index is 0.261. The van der Waals surface area contributed by atoms with Crippen molar-refractivity contribution in [3.63, 3.8) is 0 Å². The molecule has 0 bridgehead atoms. The van der Waals surface area contributed by atoms with Crippen LogP contribution in [0.3, 0.4) is 0 Å². The predicted octanol–water partition coefficient (Wildman–Crippen LogP) is 1.30. The third-order valence-corrected chi connectivity index (χ3v) is 2.98. The van der Waals surface area contributed by atoms with E-state index in [9.17, 15) is 9.59 Å². The van der Waals surface area contributed by atoms with Crippen LogP contribution in [-0.4, -0.2) is 35.0 Å². The molecule has 1 unspecified atom stereocenters. The lowest BCUT2D eigenvalue weighted by molar-refractivity contribution is -0.138. The number of benzene rings is 1. The zero-order valence-corrected chi connectivity index (χ0v) is 10.0. The van der Waals surface area contributed by atoms with E-state index in [0.717, 1.165) is 16.8 Å². The van der Waals surface area contributed by atoms with Crippen molar-refractivity contribution in [1.82, 2.24) is 4.90 Å². The average molecular weight is 246 g/mol. The Bertz CT molecular complexity index is 525. The maximum absolute atomic E-state index is 11.1. The van der Waals surface area contributed by atoms with Crippen molar-refractivity contribution in [3.8, 4) is 0 Å². The molecule has 0 aliphatic carbocycles. The number of carboxylic acid groups (broad SMARTS) is 1. The lowest BCUT2D eigenvalue weighted by Gasteiger charge is -2.37. The highest BCUT2D eigenvalue weighted by atomic mass is 16.4. The van der Waals surface area contributed by atoms with Crippen molar-refractivity contribution in [2.24, 2.45) is 0 Å². The number of aliphatic carboxylic acids is 1. The highest BCUT2D eigenvalue weighted by Gasteiger charge is 2.29. The Labute approximate surface area is 105 Å². The van der Waals surface area contributed by atoms with Gasteiger partial charge in [0.1, 0.15) is 6.54 Å². The van der Waals surface area contributed by atoms with Gasteiger partial charge in [-0.25, -0.2) is 0 Å². The van der Waals surface area contributed by atoms with Gasteiger partial charge in [0.25, 0.3) is 0 Å². The van der Waals surface area contributed by atoms with Crippen LogP contribution in [0.15, 0.2) is 24.8 Å². The zero-order chi connectivity index (χ0) is 13.3. The standard InChI is InChI=1S/C13H14N2O3/c1-8-4-3-5-10-13(8)9(2)15(6-12(17)18)11(7-16)14-10/h3-5,7,11,14H,2,6H2,1H3,(H,17,18). The van der Waals surface area contributed by atoms with Gasteiger partial charge in [-0.3, -0.25) is 9.59 Å². The molecule has 0 saturated heterocycles. The molecule has 1 aromatic carbocycles. The van der Waals surface area contributed by atoms with Gasteiger partial charge in [-0.15, -0.1) is 0 Å². The van der Waals surface area contributed by atoms with Crippen LogP contribution in [0, 0.1) is 6.92 Å². The molecule has 1 heterocycles. The second kappa shape index (κ2) is 4.52. The summed E-state index contributed by atoms with van der Waals surface area (Å²) in [6.45, 7) is 5.57. The summed E-state index contributed by atoms with van der Waals surface area (Å²) in [4.78, 5) is 23.3. The molecule has 1 aliphatic rings. The number of carbonyl (C=O) groups excluding carboxylic acids is 1. The fourth-order valence-electron chi connectivity index (χ4n) is 2.17. The topological polar surface area (TPSA) is 69.6 Å². The van der Waals surface area contributed by atoms with Crippen LogP contribution in [0.2, 0.25) is 0 Å². The molecule has 0 fully saturated rings. The Balaban J connectivity index is 2.46. The molecular formula is C13H14N2O3. The van der Waals surface area contributed by atoms with Crippen LogP contribution in [0.25, 0.3) is 5.70 Å². The van der Waals surface area contributed by atoms with Gasteiger partial charge in [0.15, 0.2) is 12.5 Å². The summed E-state index contributed by atoms with van der Waals surface area (Å²) in [5, 5.41) is 11.9. The number of fused-ring (bicyclic) bond motifs is 1. The highest BCUT2D eigenvalue weighted by Crippen LogP contribution is 2.34. The number of rotatable bonds is 3. The number of nitrogens with zero attached hydrogens (tertiary/aromatic N) is 1. The zero-order valence-electron chi connectivity index (χ0n) is 10.0. The first-order valence-electron chi connectivity index (χ1n) is 5.53. The monoisotopic (exact) mass is 246 g/mol. The molecule has 18 heavy (non-hydrogen) atoms. The van der Waals surface area contributed by atoms with E-state index >= 15 is 0 Å². The lowest BCUT2D eigenvalue weighted by atomic mass is 10.00. The van der Waals surface area contributed by atoms with E-state index in [1.807, 2.05) is 25.1 Å².